The van der Waals surface area contributed by atoms with E-state index in [0.717, 1.165) is 5.56 Å². The fraction of sp³-hybridized carbons (Fsp3) is 0.500. The molecule has 132 valence electrons. The molecule has 8 heteroatoms. The first-order valence-corrected chi connectivity index (χ1v) is 9.65. The Bertz CT molecular complexity index is 741. The maximum atomic E-state index is 11.6. The van der Waals surface area contributed by atoms with Crippen LogP contribution in [0.15, 0.2) is 28.8 Å². The smallest absolute Gasteiger partial charge is 0.240 e. The summed E-state index contributed by atoms with van der Waals surface area (Å²) in [6.07, 6.45) is 0.598. The Labute approximate surface area is 142 Å². The van der Waals surface area contributed by atoms with Crippen molar-refractivity contribution >= 4 is 10.0 Å². The average molecular weight is 352 g/mol. The van der Waals surface area contributed by atoms with Crippen LogP contribution in [-0.4, -0.2) is 36.9 Å². The zero-order valence-corrected chi connectivity index (χ0v) is 15.1. The molecular weight excluding hydrogens is 328 g/mol. The largest absolute Gasteiger partial charge is 0.338 e. The lowest BCUT2D eigenvalue weighted by atomic mass is 10.1. The maximum Gasteiger partial charge on any atom is 0.240 e. The van der Waals surface area contributed by atoms with Crippen molar-refractivity contribution in [1.82, 2.24) is 20.2 Å². The van der Waals surface area contributed by atoms with Gasteiger partial charge < -0.3 is 9.84 Å². The molecule has 0 amide bonds. The third-order valence-corrected chi connectivity index (χ3v) is 5.01. The molecule has 0 aliphatic carbocycles. The summed E-state index contributed by atoms with van der Waals surface area (Å²) in [4.78, 5) is 4.34. The number of aryl methyl sites for hydroxylation is 1. The lowest BCUT2D eigenvalue weighted by molar-refractivity contribution is 0.359. The number of benzene rings is 1. The second kappa shape index (κ2) is 8.36. The van der Waals surface area contributed by atoms with Gasteiger partial charge in [0.1, 0.15) is 0 Å². The molecule has 1 atom stereocenters. The van der Waals surface area contributed by atoms with Crippen LogP contribution in [0.4, 0.5) is 0 Å². The van der Waals surface area contributed by atoms with Gasteiger partial charge in [-0.25, -0.2) is 13.1 Å². The van der Waals surface area contributed by atoms with Crippen LogP contribution in [0, 0.1) is 6.92 Å². The number of nitrogens with one attached hydrogen (secondary N) is 2. The predicted octanol–water partition coefficient (Wildman–Crippen LogP) is 1.85. The maximum absolute atomic E-state index is 11.6. The van der Waals surface area contributed by atoms with Crippen LogP contribution in [0.3, 0.4) is 0 Å². The Morgan fingerprint density at radius 1 is 1.25 bits per heavy atom. The van der Waals surface area contributed by atoms with Gasteiger partial charge in [-0.1, -0.05) is 41.9 Å². The monoisotopic (exact) mass is 352 g/mol. The molecule has 0 radical (unpaired) electrons. The Morgan fingerprint density at radius 3 is 2.62 bits per heavy atom. The molecule has 0 saturated heterocycles. The minimum atomic E-state index is -3.19. The van der Waals surface area contributed by atoms with Gasteiger partial charge in [0.05, 0.1) is 12.3 Å². The van der Waals surface area contributed by atoms with E-state index < -0.39 is 10.0 Å². The molecule has 2 aromatic rings. The van der Waals surface area contributed by atoms with Gasteiger partial charge in [-0.15, -0.1) is 0 Å². The van der Waals surface area contributed by atoms with E-state index >= 15 is 0 Å². The zero-order chi connectivity index (χ0) is 17.6. The summed E-state index contributed by atoms with van der Waals surface area (Å²) in [6.45, 7) is 6.45. The summed E-state index contributed by atoms with van der Waals surface area (Å²) in [5.74, 6) is 1.15. The molecule has 2 rings (SSSR count). The van der Waals surface area contributed by atoms with Gasteiger partial charge in [-0.05, 0) is 20.3 Å². The van der Waals surface area contributed by atoms with E-state index in [0.29, 0.717) is 31.2 Å². The van der Waals surface area contributed by atoms with E-state index in [1.807, 2.05) is 45.0 Å². The normalized spacial score (nSPS) is 13.1. The molecule has 0 spiro atoms. The first-order chi connectivity index (χ1) is 11.4. The molecule has 7 nitrogen and oxygen atoms in total. The number of hydrogen-bond donors (Lipinski definition) is 2. The molecule has 1 aromatic carbocycles. The van der Waals surface area contributed by atoms with E-state index in [1.165, 1.54) is 5.56 Å². The highest BCUT2D eigenvalue weighted by Gasteiger charge is 2.12. The van der Waals surface area contributed by atoms with E-state index in [4.69, 9.17) is 4.52 Å². The van der Waals surface area contributed by atoms with Crippen LogP contribution in [0.25, 0.3) is 11.4 Å². The number of sulfonamides is 1. The minimum Gasteiger partial charge on any atom is -0.338 e. The summed E-state index contributed by atoms with van der Waals surface area (Å²) in [5.41, 5.74) is 2.07. The van der Waals surface area contributed by atoms with Crippen LogP contribution in [0.5, 0.6) is 0 Å². The van der Waals surface area contributed by atoms with Crippen molar-refractivity contribution in [2.24, 2.45) is 0 Å². The lowest BCUT2D eigenvalue weighted by Gasteiger charge is -2.13. The van der Waals surface area contributed by atoms with Gasteiger partial charge in [-0.2, -0.15) is 4.98 Å². The van der Waals surface area contributed by atoms with E-state index in [1.54, 1.807) is 0 Å². The van der Waals surface area contributed by atoms with E-state index in [-0.39, 0.29) is 11.8 Å². The summed E-state index contributed by atoms with van der Waals surface area (Å²) in [7, 11) is -3.19. The Hall–Kier alpha value is -1.77. The first kappa shape index (κ1) is 18.6. The molecule has 1 aromatic heterocycles. The van der Waals surface area contributed by atoms with Gasteiger partial charge in [0.2, 0.25) is 21.7 Å². The van der Waals surface area contributed by atoms with Crippen molar-refractivity contribution in [2.45, 2.75) is 39.8 Å². The summed E-state index contributed by atoms with van der Waals surface area (Å²) >= 11 is 0. The van der Waals surface area contributed by atoms with Crippen molar-refractivity contribution in [3.8, 4) is 11.4 Å². The molecule has 0 aliphatic heterocycles. The predicted molar refractivity (Wildman–Crippen MR) is 92.9 cm³/mol. The Balaban J connectivity index is 1.83. The third kappa shape index (κ3) is 5.70. The average Bonchev–Trinajstić information content (AvgIpc) is 3.01. The van der Waals surface area contributed by atoms with Crippen LogP contribution in [0.1, 0.15) is 31.7 Å². The van der Waals surface area contributed by atoms with Crippen LogP contribution in [-0.2, 0) is 16.6 Å². The third-order valence-electron chi connectivity index (χ3n) is 3.46. The van der Waals surface area contributed by atoms with E-state index in [2.05, 4.69) is 20.2 Å². The molecule has 0 saturated carbocycles. The Morgan fingerprint density at radius 2 is 1.96 bits per heavy atom. The SMILES string of the molecule is CCCS(=O)(=O)NCC(C)NCc1nc(-c2ccc(C)cc2)no1. The second-order valence-corrected chi connectivity index (χ2v) is 7.75. The highest BCUT2D eigenvalue weighted by molar-refractivity contribution is 7.89. The highest BCUT2D eigenvalue weighted by atomic mass is 32.2. The molecular formula is C16H24N4O3S. The highest BCUT2D eigenvalue weighted by Crippen LogP contribution is 2.16. The minimum absolute atomic E-state index is 0.0497. The number of hydrogen-bond acceptors (Lipinski definition) is 6. The zero-order valence-electron chi connectivity index (χ0n) is 14.2. The molecule has 1 unspecified atom stereocenters. The molecule has 0 fully saturated rings. The van der Waals surface area contributed by atoms with Gasteiger partial charge in [-0.3, -0.25) is 0 Å². The Kier molecular flexibility index (Phi) is 6.47. The molecule has 0 bridgehead atoms. The van der Waals surface area contributed by atoms with Crippen molar-refractivity contribution in [3.05, 3.63) is 35.7 Å². The van der Waals surface area contributed by atoms with Crippen LogP contribution >= 0.6 is 0 Å². The second-order valence-electron chi connectivity index (χ2n) is 5.83. The lowest BCUT2D eigenvalue weighted by Crippen LogP contribution is -2.39. The molecule has 1 heterocycles. The van der Waals surface area contributed by atoms with E-state index in [9.17, 15) is 8.42 Å². The fourth-order valence-corrected chi connectivity index (χ4v) is 3.26. The quantitative estimate of drug-likeness (QED) is 0.715. The van der Waals surface area contributed by atoms with Gasteiger partial charge in [0.15, 0.2) is 0 Å². The number of rotatable bonds is 9. The summed E-state index contributed by atoms with van der Waals surface area (Å²) < 4.78 is 31.0. The summed E-state index contributed by atoms with van der Waals surface area (Å²) in [5, 5.41) is 7.13. The fourth-order valence-electron chi connectivity index (χ4n) is 2.07. The molecule has 2 N–H and O–H groups in total. The van der Waals surface area contributed by atoms with Crippen molar-refractivity contribution in [2.75, 3.05) is 12.3 Å². The van der Waals surface area contributed by atoms with Gasteiger partial charge in [0.25, 0.3) is 0 Å². The standard InChI is InChI=1S/C16H24N4O3S/c1-4-9-24(21,22)18-10-13(3)17-11-15-19-16(20-23-15)14-7-5-12(2)6-8-14/h5-8,13,17-18H,4,9-11H2,1-3H3. The number of nitrogens with zero attached hydrogens (tertiary/aromatic N) is 2. The van der Waals surface area contributed by atoms with Crippen molar-refractivity contribution in [3.63, 3.8) is 0 Å². The first-order valence-electron chi connectivity index (χ1n) is 8.00. The van der Waals surface area contributed by atoms with Gasteiger partial charge >= 0.3 is 0 Å². The van der Waals surface area contributed by atoms with Crippen molar-refractivity contribution < 1.29 is 12.9 Å². The van der Waals surface area contributed by atoms with Gasteiger partial charge in [0, 0.05) is 18.2 Å². The summed E-state index contributed by atoms with van der Waals surface area (Å²) in [6, 6.07) is 7.83. The van der Waals surface area contributed by atoms with Crippen LogP contribution in [0.2, 0.25) is 0 Å². The molecule has 24 heavy (non-hydrogen) atoms. The topological polar surface area (TPSA) is 97.1 Å². The van der Waals surface area contributed by atoms with Crippen LogP contribution < -0.4 is 10.0 Å². The van der Waals surface area contributed by atoms with Crippen molar-refractivity contribution in [1.29, 1.82) is 0 Å². The molecule has 0 aliphatic rings. The number of aromatic nitrogens is 2.